The van der Waals surface area contributed by atoms with E-state index in [0.29, 0.717) is 12.5 Å². The maximum absolute atomic E-state index is 9.02. The van der Waals surface area contributed by atoms with Gasteiger partial charge in [-0.05, 0) is 24.6 Å². The number of methoxy groups -OCH3 is 1. The van der Waals surface area contributed by atoms with Gasteiger partial charge in [0.1, 0.15) is 5.75 Å². The van der Waals surface area contributed by atoms with Gasteiger partial charge in [-0.15, -0.1) is 0 Å². The van der Waals surface area contributed by atoms with Gasteiger partial charge in [0.05, 0.1) is 13.8 Å². The first kappa shape index (κ1) is 13.0. The quantitative estimate of drug-likeness (QED) is 0.777. The van der Waals surface area contributed by atoms with Crippen LogP contribution in [0.2, 0.25) is 0 Å². The van der Waals surface area contributed by atoms with Crippen LogP contribution < -0.4 is 4.74 Å². The number of ether oxygens (including phenoxy) is 1. The van der Waals surface area contributed by atoms with E-state index >= 15 is 0 Å². The second-order valence-corrected chi connectivity index (χ2v) is 4.38. The lowest BCUT2D eigenvalue weighted by Crippen LogP contribution is -2.19. The molecule has 0 atom stereocenters. The molecule has 1 aromatic rings. The summed E-state index contributed by atoms with van der Waals surface area (Å²) in [5, 5.41) is 9.02. The van der Waals surface area contributed by atoms with E-state index in [1.165, 1.54) is 5.56 Å². The van der Waals surface area contributed by atoms with Crippen molar-refractivity contribution in [3.63, 3.8) is 0 Å². The number of hydrogen-bond acceptors (Lipinski definition) is 3. The molecule has 0 saturated carbocycles. The summed E-state index contributed by atoms with van der Waals surface area (Å²) >= 11 is 0. The molecular formula is C13H21NO2. The molecule has 0 heterocycles. The Morgan fingerprint density at radius 1 is 1.38 bits per heavy atom. The molecule has 16 heavy (non-hydrogen) atoms. The van der Waals surface area contributed by atoms with Gasteiger partial charge in [0.25, 0.3) is 0 Å². The van der Waals surface area contributed by atoms with E-state index in [2.05, 4.69) is 26.0 Å². The van der Waals surface area contributed by atoms with Gasteiger partial charge in [0.15, 0.2) is 0 Å². The van der Waals surface area contributed by atoms with Crippen LogP contribution in [0.25, 0.3) is 0 Å². The largest absolute Gasteiger partial charge is 0.496 e. The van der Waals surface area contributed by atoms with E-state index in [1.54, 1.807) is 7.11 Å². The first-order chi connectivity index (χ1) is 7.58. The van der Waals surface area contributed by atoms with Crippen molar-refractivity contribution < 1.29 is 9.84 Å². The summed E-state index contributed by atoms with van der Waals surface area (Å²) in [6.45, 7) is 5.08. The third-order valence-electron chi connectivity index (χ3n) is 2.65. The van der Waals surface area contributed by atoms with Crippen LogP contribution in [-0.4, -0.2) is 30.9 Å². The summed E-state index contributed by atoms with van der Waals surface area (Å²) in [5.74, 6) is 1.38. The predicted molar refractivity (Wildman–Crippen MR) is 65.6 cm³/mol. The molecule has 0 amide bonds. The van der Waals surface area contributed by atoms with Crippen LogP contribution in [0.15, 0.2) is 18.2 Å². The van der Waals surface area contributed by atoms with Gasteiger partial charge < -0.3 is 9.84 Å². The monoisotopic (exact) mass is 223 g/mol. The Kier molecular flexibility index (Phi) is 4.77. The summed E-state index contributed by atoms with van der Waals surface area (Å²) in [6.07, 6.45) is 0. The summed E-state index contributed by atoms with van der Waals surface area (Å²) < 4.78 is 5.32. The highest BCUT2D eigenvalue weighted by Gasteiger charge is 2.08. The van der Waals surface area contributed by atoms with Crippen molar-refractivity contribution in [2.24, 2.45) is 0 Å². The number of aliphatic hydroxyl groups excluding tert-OH is 1. The van der Waals surface area contributed by atoms with E-state index < -0.39 is 0 Å². The van der Waals surface area contributed by atoms with Gasteiger partial charge in [-0.3, -0.25) is 4.90 Å². The minimum absolute atomic E-state index is 0.0507. The molecule has 0 saturated heterocycles. The zero-order valence-electron chi connectivity index (χ0n) is 10.5. The fourth-order valence-corrected chi connectivity index (χ4v) is 1.62. The number of rotatable bonds is 5. The van der Waals surface area contributed by atoms with Crippen LogP contribution >= 0.6 is 0 Å². The molecule has 3 heteroatoms. The van der Waals surface area contributed by atoms with Crippen molar-refractivity contribution in [3.05, 3.63) is 29.3 Å². The first-order valence-electron chi connectivity index (χ1n) is 5.54. The zero-order valence-corrected chi connectivity index (χ0v) is 10.5. The standard InChI is InChI=1S/C13H21NO2/c1-10(2)11-5-6-13(16-4)12(7-11)8-14(3)9-15/h5-7,10,15H,8-9H2,1-4H3. The number of hydrogen-bond donors (Lipinski definition) is 1. The molecule has 0 fully saturated rings. The molecule has 0 bridgehead atoms. The second-order valence-electron chi connectivity index (χ2n) is 4.38. The van der Waals surface area contributed by atoms with Gasteiger partial charge in [0.2, 0.25) is 0 Å². The molecule has 0 radical (unpaired) electrons. The van der Waals surface area contributed by atoms with Crippen molar-refractivity contribution in [3.8, 4) is 5.75 Å². The van der Waals surface area contributed by atoms with E-state index in [4.69, 9.17) is 9.84 Å². The second kappa shape index (κ2) is 5.87. The molecule has 3 nitrogen and oxygen atoms in total. The van der Waals surface area contributed by atoms with Gasteiger partial charge in [-0.2, -0.15) is 0 Å². The van der Waals surface area contributed by atoms with E-state index in [-0.39, 0.29) is 6.73 Å². The zero-order chi connectivity index (χ0) is 12.1. The molecule has 1 N–H and O–H groups in total. The van der Waals surface area contributed by atoms with Crippen molar-refractivity contribution in [2.75, 3.05) is 20.9 Å². The lowest BCUT2D eigenvalue weighted by molar-refractivity contribution is 0.126. The fourth-order valence-electron chi connectivity index (χ4n) is 1.62. The van der Waals surface area contributed by atoms with Crippen LogP contribution in [-0.2, 0) is 6.54 Å². The average Bonchev–Trinajstić information content (AvgIpc) is 2.28. The molecular weight excluding hydrogens is 202 g/mol. The van der Waals surface area contributed by atoms with Crippen LogP contribution in [0.3, 0.4) is 0 Å². The number of benzene rings is 1. The maximum atomic E-state index is 9.02. The van der Waals surface area contributed by atoms with Gasteiger partial charge in [0, 0.05) is 12.1 Å². The average molecular weight is 223 g/mol. The topological polar surface area (TPSA) is 32.7 Å². The van der Waals surface area contributed by atoms with Gasteiger partial charge in [-0.25, -0.2) is 0 Å². The van der Waals surface area contributed by atoms with Gasteiger partial charge >= 0.3 is 0 Å². The Morgan fingerprint density at radius 3 is 2.56 bits per heavy atom. The molecule has 1 rings (SSSR count). The maximum Gasteiger partial charge on any atom is 0.123 e. The minimum Gasteiger partial charge on any atom is -0.496 e. The van der Waals surface area contributed by atoms with Crippen LogP contribution in [0.5, 0.6) is 5.75 Å². The lowest BCUT2D eigenvalue weighted by Gasteiger charge is -2.17. The Bertz CT molecular complexity index is 337. The van der Waals surface area contributed by atoms with Gasteiger partial charge in [-0.1, -0.05) is 26.0 Å². The number of aliphatic hydroxyl groups is 1. The molecule has 0 spiro atoms. The van der Waals surface area contributed by atoms with E-state index in [0.717, 1.165) is 11.3 Å². The Hall–Kier alpha value is -1.06. The predicted octanol–water partition coefficient (Wildman–Crippen LogP) is 2.20. The summed E-state index contributed by atoms with van der Waals surface area (Å²) in [6, 6.07) is 6.23. The SMILES string of the molecule is COc1ccc(C(C)C)cc1CN(C)CO. The highest BCUT2D eigenvalue weighted by Crippen LogP contribution is 2.24. The van der Waals surface area contributed by atoms with Crippen LogP contribution in [0, 0.1) is 0 Å². The van der Waals surface area contributed by atoms with Crippen molar-refractivity contribution >= 4 is 0 Å². The molecule has 0 aliphatic heterocycles. The van der Waals surface area contributed by atoms with Crippen molar-refractivity contribution in [1.29, 1.82) is 0 Å². The molecule has 0 unspecified atom stereocenters. The van der Waals surface area contributed by atoms with E-state index in [9.17, 15) is 0 Å². The Balaban J connectivity index is 2.97. The lowest BCUT2D eigenvalue weighted by atomic mass is 10.00. The Labute approximate surface area is 97.7 Å². The summed E-state index contributed by atoms with van der Waals surface area (Å²) in [5.41, 5.74) is 2.41. The summed E-state index contributed by atoms with van der Waals surface area (Å²) in [7, 11) is 3.55. The first-order valence-corrected chi connectivity index (χ1v) is 5.54. The van der Waals surface area contributed by atoms with E-state index in [1.807, 2.05) is 18.0 Å². The molecule has 90 valence electrons. The highest BCUT2D eigenvalue weighted by molar-refractivity contribution is 5.38. The molecule has 0 aliphatic rings. The minimum atomic E-state index is 0.0507. The van der Waals surface area contributed by atoms with Crippen molar-refractivity contribution in [1.82, 2.24) is 4.90 Å². The van der Waals surface area contributed by atoms with Crippen LogP contribution in [0.1, 0.15) is 30.9 Å². The molecule has 1 aromatic carbocycles. The highest BCUT2D eigenvalue weighted by atomic mass is 16.5. The third kappa shape index (κ3) is 3.22. The molecule has 0 aromatic heterocycles. The fraction of sp³-hybridized carbons (Fsp3) is 0.538. The third-order valence-corrected chi connectivity index (χ3v) is 2.65. The number of nitrogens with zero attached hydrogens (tertiary/aromatic N) is 1. The van der Waals surface area contributed by atoms with Crippen molar-refractivity contribution in [2.45, 2.75) is 26.3 Å². The normalized spacial score (nSPS) is 11.2. The smallest absolute Gasteiger partial charge is 0.123 e. The summed E-state index contributed by atoms with van der Waals surface area (Å²) in [4.78, 5) is 1.84. The van der Waals surface area contributed by atoms with Crippen LogP contribution in [0.4, 0.5) is 0 Å². The Morgan fingerprint density at radius 2 is 2.06 bits per heavy atom. The molecule has 0 aliphatic carbocycles.